The van der Waals surface area contributed by atoms with E-state index in [0.29, 0.717) is 17.1 Å². The molecular formula is C10H13F2N3O. The monoisotopic (exact) mass is 229 g/mol. The summed E-state index contributed by atoms with van der Waals surface area (Å²) in [6, 6.07) is 0. The Balaban J connectivity index is 2.10. The molecule has 4 nitrogen and oxygen atoms in total. The number of anilines is 1. The Kier molecular flexibility index (Phi) is 2.25. The lowest BCUT2D eigenvalue weighted by Gasteiger charge is -2.03. The fraction of sp³-hybridized carbons (Fsp3) is 0.600. The van der Waals surface area contributed by atoms with Crippen LogP contribution in [0, 0.1) is 25.7 Å². The van der Waals surface area contributed by atoms with Gasteiger partial charge in [0.1, 0.15) is 5.92 Å². The normalized spacial score (nSPS) is 26.6. The number of nitrogens with zero attached hydrogens (tertiary/aromatic N) is 1. The Morgan fingerprint density at radius 3 is 2.44 bits per heavy atom. The summed E-state index contributed by atoms with van der Waals surface area (Å²) in [5.74, 6) is -5.58. The molecule has 1 aromatic rings. The molecule has 1 heterocycles. The van der Waals surface area contributed by atoms with E-state index in [9.17, 15) is 13.6 Å². The number of hydrogen-bond donors (Lipinski definition) is 2. The van der Waals surface area contributed by atoms with Crippen LogP contribution in [0.1, 0.15) is 18.3 Å². The van der Waals surface area contributed by atoms with E-state index in [-0.39, 0.29) is 0 Å². The number of rotatable bonds is 2. The molecule has 0 bridgehead atoms. The van der Waals surface area contributed by atoms with Crippen LogP contribution in [-0.4, -0.2) is 22.0 Å². The van der Waals surface area contributed by atoms with Gasteiger partial charge < -0.3 is 5.32 Å². The molecule has 6 heteroatoms. The van der Waals surface area contributed by atoms with Crippen molar-refractivity contribution in [2.75, 3.05) is 5.32 Å². The van der Waals surface area contributed by atoms with Gasteiger partial charge in [-0.05, 0) is 13.8 Å². The van der Waals surface area contributed by atoms with Crippen molar-refractivity contribution >= 4 is 11.6 Å². The van der Waals surface area contributed by atoms with Crippen molar-refractivity contribution in [1.82, 2.24) is 10.2 Å². The molecule has 1 amide bonds. The standard InChI is InChI=1S/C10H13F2N3O/c1-4-7(10(4,11)12)9(16)13-8-5(2)14-15-6(8)3/h4,7H,1-3H3,(H,13,16)(H,14,15)/t4-,7-/m0/s1. The van der Waals surface area contributed by atoms with E-state index in [1.165, 1.54) is 6.92 Å². The smallest absolute Gasteiger partial charge is 0.263 e. The van der Waals surface area contributed by atoms with E-state index in [2.05, 4.69) is 15.5 Å². The average Bonchev–Trinajstić information content (AvgIpc) is 2.53. The number of halogens is 2. The van der Waals surface area contributed by atoms with Crippen molar-refractivity contribution in [3.63, 3.8) is 0 Å². The van der Waals surface area contributed by atoms with Crippen molar-refractivity contribution in [3.05, 3.63) is 11.4 Å². The van der Waals surface area contributed by atoms with Gasteiger partial charge in [-0.3, -0.25) is 9.89 Å². The Morgan fingerprint density at radius 1 is 1.50 bits per heavy atom. The highest BCUT2D eigenvalue weighted by atomic mass is 19.3. The third-order valence-electron chi connectivity index (χ3n) is 3.07. The molecule has 1 aliphatic carbocycles. The number of aryl methyl sites for hydroxylation is 2. The van der Waals surface area contributed by atoms with Crippen LogP contribution in [0.4, 0.5) is 14.5 Å². The lowest BCUT2D eigenvalue weighted by atomic mass is 10.2. The highest BCUT2D eigenvalue weighted by Crippen LogP contribution is 2.55. The largest absolute Gasteiger partial charge is 0.323 e. The summed E-state index contributed by atoms with van der Waals surface area (Å²) in [6.45, 7) is 4.80. The van der Waals surface area contributed by atoms with E-state index in [1.54, 1.807) is 13.8 Å². The minimum absolute atomic E-state index is 0.500. The number of aromatic nitrogens is 2. The molecule has 0 spiro atoms. The molecule has 0 aromatic carbocycles. The van der Waals surface area contributed by atoms with Gasteiger partial charge in [-0.25, -0.2) is 8.78 Å². The lowest BCUT2D eigenvalue weighted by Crippen LogP contribution is -2.18. The van der Waals surface area contributed by atoms with Crippen LogP contribution in [0.2, 0.25) is 0 Å². The van der Waals surface area contributed by atoms with Gasteiger partial charge in [-0.15, -0.1) is 0 Å². The Bertz CT molecular complexity index is 422. The first kappa shape index (κ1) is 11.0. The van der Waals surface area contributed by atoms with Crippen LogP contribution in [0.25, 0.3) is 0 Å². The fourth-order valence-electron chi connectivity index (χ4n) is 1.82. The van der Waals surface area contributed by atoms with Gasteiger partial charge in [0.25, 0.3) is 5.92 Å². The molecule has 2 rings (SSSR count). The number of H-pyrrole nitrogens is 1. The van der Waals surface area contributed by atoms with E-state index in [1.807, 2.05) is 0 Å². The minimum atomic E-state index is -2.87. The molecule has 1 aliphatic rings. The molecule has 0 unspecified atom stereocenters. The zero-order chi connectivity index (χ0) is 12.1. The van der Waals surface area contributed by atoms with Crippen molar-refractivity contribution in [2.45, 2.75) is 26.7 Å². The van der Waals surface area contributed by atoms with Crippen molar-refractivity contribution in [2.24, 2.45) is 11.8 Å². The third-order valence-corrected chi connectivity index (χ3v) is 3.07. The second kappa shape index (κ2) is 3.26. The number of alkyl halides is 2. The Labute approximate surface area is 91.4 Å². The molecule has 2 atom stereocenters. The third kappa shape index (κ3) is 1.48. The molecular weight excluding hydrogens is 216 g/mol. The number of amides is 1. The number of hydrogen-bond acceptors (Lipinski definition) is 2. The highest BCUT2D eigenvalue weighted by Gasteiger charge is 2.69. The van der Waals surface area contributed by atoms with Gasteiger partial charge in [0.15, 0.2) is 0 Å². The van der Waals surface area contributed by atoms with Gasteiger partial charge in [0, 0.05) is 5.92 Å². The molecule has 16 heavy (non-hydrogen) atoms. The first-order valence-corrected chi connectivity index (χ1v) is 5.06. The lowest BCUT2D eigenvalue weighted by molar-refractivity contribution is -0.119. The molecule has 1 saturated carbocycles. The topological polar surface area (TPSA) is 57.8 Å². The highest BCUT2D eigenvalue weighted by molar-refractivity contribution is 5.96. The van der Waals surface area contributed by atoms with Gasteiger partial charge >= 0.3 is 0 Å². The molecule has 2 N–H and O–H groups in total. The summed E-state index contributed by atoms with van der Waals surface area (Å²) in [5.41, 5.74) is 1.77. The van der Waals surface area contributed by atoms with Crippen LogP contribution in [0.15, 0.2) is 0 Å². The van der Waals surface area contributed by atoms with E-state index in [0.717, 1.165) is 0 Å². The van der Waals surface area contributed by atoms with Gasteiger partial charge in [-0.1, -0.05) is 6.92 Å². The molecule has 0 saturated heterocycles. The van der Waals surface area contributed by atoms with Crippen molar-refractivity contribution in [1.29, 1.82) is 0 Å². The van der Waals surface area contributed by atoms with Crippen molar-refractivity contribution < 1.29 is 13.6 Å². The molecule has 88 valence electrons. The van der Waals surface area contributed by atoms with Gasteiger partial charge in [0.05, 0.1) is 17.1 Å². The molecule has 1 fully saturated rings. The van der Waals surface area contributed by atoms with Crippen LogP contribution >= 0.6 is 0 Å². The molecule has 0 aliphatic heterocycles. The second-order valence-electron chi connectivity index (χ2n) is 4.24. The maximum atomic E-state index is 13.0. The molecule has 1 aromatic heterocycles. The Morgan fingerprint density at radius 2 is 2.06 bits per heavy atom. The summed E-state index contributed by atoms with van der Waals surface area (Å²) in [7, 11) is 0. The van der Waals surface area contributed by atoms with E-state index in [4.69, 9.17) is 0 Å². The number of carbonyl (C=O) groups excluding carboxylic acids is 1. The summed E-state index contributed by atoms with van der Waals surface area (Å²) in [4.78, 5) is 11.6. The zero-order valence-electron chi connectivity index (χ0n) is 9.27. The van der Waals surface area contributed by atoms with E-state index >= 15 is 0 Å². The van der Waals surface area contributed by atoms with Crippen LogP contribution in [0.3, 0.4) is 0 Å². The van der Waals surface area contributed by atoms with Gasteiger partial charge in [-0.2, -0.15) is 5.10 Å². The van der Waals surface area contributed by atoms with E-state index < -0.39 is 23.7 Å². The number of nitrogens with one attached hydrogen (secondary N) is 2. The summed E-state index contributed by atoms with van der Waals surface area (Å²) in [6.07, 6.45) is 0. The summed E-state index contributed by atoms with van der Waals surface area (Å²) >= 11 is 0. The number of carbonyl (C=O) groups is 1. The number of aromatic amines is 1. The SMILES string of the molecule is Cc1n[nH]c(C)c1NC(=O)[C@@H]1[C@H](C)C1(F)F. The van der Waals surface area contributed by atoms with Crippen LogP contribution in [-0.2, 0) is 4.79 Å². The van der Waals surface area contributed by atoms with Gasteiger partial charge in [0.2, 0.25) is 5.91 Å². The maximum Gasteiger partial charge on any atom is 0.263 e. The van der Waals surface area contributed by atoms with Crippen LogP contribution in [0.5, 0.6) is 0 Å². The Hall–Kier alpha value is -1.46. The first-order chi connectivity index (χ1) is 7.35. The average molecular weight is 229 g/mol. The zero-order valence-corrected chi connectivity index (χ0v) is 9.27. The fourth-order valence-corrected chi connectivity index (χ4v) is 1.82. The minimum Gasteiger partial charge on any atom is -0.323 e. The van der Waals surface area contributed by atoms with Crippen molar-refractivity contribution in [3.8, 4) is 0 Å². The van der Waals surface area contributed by atoms with Crippen LogP contribution < -0.4 is 5.32 Å². The predicted octanol–water partition coefficient (Wildman–Crippen LogP) is 1.87. The predicted molar refractivity (Wildman–Crippen MR) is 54.3 cm³/mol. The quantitative estimate of drug-likeness (QED) is 0.813. The maximum absolute atomic E-state index is 13.0. The molecule has 0 radical (unpaired) electrons. The first-order valence-electron chi connectivity index (χ1n) is 5.06. The summed E-state index contributed by atoms with van der Waals surface area (Å²) < 4.78 is 26.0. The second-order valence-corrected chi connectivity index (χ2v) is 4.24. The summed E-state index contributed by atoms with van der Waals surface area (Å²) in [5, 5.41) is 9.05.